The second-order valence-electron chi connectivity index (χ2n) is 6.20. The summed E-state index contributed by atoms with van der Waals surface area (Å²) in [6, 6.07) is 4.97. The predicted molar refractivity (Wildman–Crippen MR) is 104 cm³/mol. The van der Waals surface area contributed by atoms with Crippen LogP contribution in [-0.4, -0.2) is 48.8 Å². The molecule has 0 spiro atoms. The van der Waals surface area contributed by atoms with Crippen LogP contribution in [0.2, 0.25) is 0 Å². The maximum absolute atomic E-state index is 12.7. The van der Waals surface area contributed by atoms with Gasteiger partial charge in [-0.05, 0) is 24.3 Å². The number of furan rings is 1. The Morgan fingerprint density at radius 1 is 1.00 bits per heavy atom. The van der Waals surface area contributed by atoms with Crippen molar-refractivity contribution in [3.05, 3.63) is 58.0 Å². The first-order chi connectivity index (χ1) is 15.1. The average molecular weight is 457 g/mol. The molecule has 14 heteroatoms. The second-order valence-corrected chi connectivity index (χ2v) is 6.20. The lowest BCUT2D eigenvalue weighted by molar-refractivity contribution is -0.384. The van der Waals surface area contributed by atoms with Gasteiger partial charge >= 0.3 is 6.18 Å². The molecular weight excluding hydrogens is 439 g/mol. The molecule has 0 bridgehead atoms. The normalized spacial score (nSPS) is 10.8. The number of benzene rings is 1. The number of hydrogen-bond donors (Lipinski definition) is 4. The topological polar surface area (TPSA) is 156 Å². The summed E-state index contributed by atoms with van der Waals surface area (Å²) in [6.45, 7) is -0.824. The molecule has 4 N–H and O–H groups in total. The largest absolute Gasteiger partial charge is 0.459 e. The summed E-state index contributed by atoms with van der Waals surface area (Å²) < 4.78 is 42.9. The minimum atomic E-state index is -4.72. The number of alkyl halides is 3. The molecule has 1 heterocycles. The quantitative estimate of drug-likeness (QED) is 0.238. The highest BCUT2D eigenvalue weighted by Crippen LogP contribution is 2.34. The standard InChI is InChI=1S/C18H18F3N5O6/c19-18(20,21)11-3-4-12(13(8-11)26(30)31)22-5-6-23-15(27)9-24-16(28)10-25-17(29)14-2-1-7-32-14/h1-4,7-8,22H,5-6,9-10H2,(H,23,27)(H,24,28)(H,25,29). The molecule has 1 aromatic carbocycles. The lowest BCUT2D eigenvalue weighted by Crippen LogP contribution is -2.42. The first-order valence-corrected chi connectivity index (χ1v) is 9.02. The highest BCUT2D eigenvalue weighted by Gasteiger charge is 2.33. The number of nitrogens with one attached hydrogen (secondary N) is 4. The Hall–Kier alpha value is -4.10. The van der Waals surface area contributed by atoms with Gasteiger partial charge in [-0.1, -0.05) is 0 Å². The van der Waals surface area contributed by atoms with Crippen molar-refractivity contribution in [1.82, 2.24) is 16.0 Å². The fraction of sp³-hybridized carbons (Fsp3) is 0.278. The molecule has 0 saturated carbocycles. The van der Waals surface area contributed by atoms with E-state index < -0.39 is 46.6 Å². The van der Waals surface area contributed by atoms with Gasteiger partial charge in [-0.15, -0.1) is 0 Å². The van der Waals surface area contributed by atoms with Gasteiger partial charge in [-0.2, -0.15) is 13.2 Å². The van der Waals surface area contributed by atoms with Gasteiger partial charge in [0.1, 0.15) is 5.69 Å². The van der Waals surface area contributed by atoms with Crippen molar-refractivity contribution in [3.8, 4) is 0 Å². The van der Waals surface area contributed by atoms with Crippen molar-refractivity contribution < 1.29 is 36.9 Å². The molecule has 3 amide bonds. The summed E-state index contributed by atoms with van der Waals surface area (Å²) in [6.07, 6.45) is -3.42. The minimum absolute atomic E-state index is 0.0227. The second kappa shape index (κ2) is 10.8. The van der Waals surface area contributed by atoms with Gasteiger partial charge < -0.3 is 25.7 Å². The van der Waals surface area contributed by atoms with Crippen LogP contribution in [0.5, 0.6) is 0 Å². The van der Waals surface area contributed by atoms with E-state index >= 15 is 0 Å². The zero-order valence-corrected chi connectivity index (χ0v) is 16.3. The number of amides is 3. The molecule has 11 nitrogen and oxygen atoms in total. The fourth-order valence-electron chi connectivity index (χ4n) is 2.37. The Balaban J connectivity index is 1.70. The Morgan fingerprint density at radius 2 is 1.69 bits per heavy atom. The van der Waals surface area contributed by atoms with E-state index in [1.54, 1.807) is 0 Å². The third-order valence-corrected chi connectivity index (χ3v) is 3.88. The van der Waals surface area contributed by atoms with Crippen LogP contribution in [0.4, 0.5) is 24.5 Å². The van der Waals surface area contributed by atoms with E-state index in [1.807, 2.05) is 0 Å². The number of nitro groups is 1. The number of carbonyl (C=O) groups excluding carboxylic acids is 3. The van der Waals surface area contributed by atoms with Gasteiger partial charge in [0.2, 0.25) is 11.8 Å². The molecule has 1 aromatic heterocycles. The summed E-state index contributed by atoms with van der Waals surface area (Å²) in [5.41, 5.74) is -2.05. The van der Waals surface area contributed by atoms with Crippen LogP contribution in [0.3, 0.4) is 0 Å². The van der Waals surface area contributed by atoms with E-state index in [1.165, 1.54) is 18.4 Å². The summed E-state index contributed by atoms with van der Waals surface area (Å²) in [7, 11) is 0. The molecule has 0 atom stereocenters. The van der Waals surface area contributed by atoms with Gasteiger partial charge in [-0.25, -0.2) is 0 Å². The van der Waals surface area contributed by atoms with Crippen molar-refractivity contribution in [3.63, 3.8) is 0 Å². The SMILES string of the molecule is O=C(CNC(=O)CNC(=O)c1ccco1)NCCNc1ccc(C(F)(F)F)cc1[N+](=O)[O-]. The Kier molecular flexibility index (Phi) is 8.15. The number of rotatable bonds is 10. The molecule has 172 valence electrons. The van der Waals surface area contributed by atoms with Gasteiger partial charge in [0.05, 0.1) is 29.8 Å². The van der Waals surface area contributed by atoms with Crippen molar-refractivity contribution >= 4 is 29.1 Å². The number of halogens is 3. The molecule has 0 aliphatic heterocycles. The predicted octanol–water partition coefficient (Wildman–Crippen LogP) is 1.28. The van der Waals surface area contributed by atoms with Crippen molar-refractivity contribution in [2.75, 3.05) is 31.5 Å². The molecule has 2 rings (SSSR count). The molecule has 0 fully saturated rings. The number of nitro benzene ring substituents is 1. The minimum Gasteiger partial charge on any atom is -0.459 e. The summed E-state index contributed by atoms with van der Waals surface area (Å²) in [5.74, 6) is -1.78. The summed E-state index contributed by atoms with van der Waals surface area (Å²) in [4.78, 5) is 45.0. The van der Waals surface area contributed by atoms with Crippen molar-refractivity contribution in [2.45, 2.75) is 6.18 Å². The third kappa shape index (κ3) is 7.30. The van der Waals surface area contributed by atoms with Crippen LogP contribution in [0.1, 0.15) is 16.1 Å². The van der Waals surface area contributed by atoms with E-state index in [2.05, 4.69) is 21.3 Å². The fourth-order valence-corrected chi connectivity index (χ4v) is 2.37. The lowest BCUT2D eigenvalue weighted by atomic mass is 10.1. The van der Waals surface area contributed by atoms with E-state index in [0.717, 1.165) is 6.07 Å². The Labute approximate surface area is 178 Å². The molecule has 32 heavy (non-hydrogen) atoms. The van der Waals surface area contributed by atoms with E-state index in [-0.39, 0.29) is 31.1 Å². The van der Waals surface area contributed by atoms with Crippen molar-refractivity contribution in [2.24, 2.45) is 0 Å². The highest BCUT2D eigenvalue weighted by atomic mass is 19.4. The van der Waals surface area contributed by atoms with Gasteiger partial charge in [0.25, 0.3) is 11.6 Å². The molecular formula is C18H18F3N5O6. The Morgan fingerprint density at radius 3 is 2.31 bits per heavy atom. The van der Waals surface area contributed by atoms with E-state index in [4.69, 9.17) is 4.42 Å². The first kappa shape index (κ1) is 24.2. The van der Waals surface area contributed by atoms with Crippen LogP contribution in [0, 0.1) is 10.1 Å². The number of nitrogens with zero attached hydrogens (tertiary/aromatic N) is 1. The van der Waals surface area contributed by atoms with Gasteiger partial charge in [-0.3, -0.25) is 24.5 Å². The molecule has 0 radical (unpaired) electrons. The summed E-state index contributed by atoms with van der Waals surface area (Å²) in [5, 5.41) is 20.6. The average Bonchev–Trinajstić information content (AvgIpc) is 3.27. The van der Waals surface area contributed by atoms with Gasteiger partial charge in [0, 0.05) is 19.2 Å². The van der Waals surface area contributed by atoms with Crippen LogP contribution < -0.4 is 21.3 Å². The number of hydrogen-bond acceptors (Lipinski definition) is 7. The van der Waals surface area contributed by atoms with Crippen LogP contribution in [0.25, 0.3) is 0 Å². The zero-order chi connectivity index (χ0) is 23.7. The molecule has 0 saturated heterocycles. The van der Waals surface area contributed by atoms with Crippen LogP contribution >= 0.6 is 0 Å². The molecule has 2 aromatic rings. The first-order valence-electron chi connectivity index (χ1n) is 9.02. The lowest BCUT2D eigenvalue weighted by Gasteiger charge is -2.11. The molecule has 0 unspecified atom stereocenters. The summed E-state index contributed by atoms with van der Waals surface area (Å²) >= 11 is 0. The maximum atomic E-state index is 12.7. The van der Waals surface area contributed by atoms with Crippen LogP contribution in [-0.2, 0) is 15.8 Å². The monoisotopic (exact) mass is 457 g/mol. The Bertz CT molecular complexity index is 978. The van der Waals surface area contributed by atoms with Crippen molar-refractivity contribution in [1.29, 1.82) is 0 Å². The highest BCUT2D eigenvalue weighted by molar-refractivity contribution is 5.94. The van der Waals surface area contributed by atoms with E-state index in [9.17, 15) is 37.7 Å². The van der Waals surface area contributed by atoms with E-state index in [0.29, 0.717) is 12.1 Å². The third-order valence-electron chi connectivity index (χ3n) is 3.88. The molecule has 0 aliphatic carbocycles. The smallest absolute Gasteiger partial charge is 0.416 e. The van der Waals surface area contributed by atoms with Gasteiger partial charge in [0.15, 0.2) is 5.76 Å². The zero-order valence-electron chi connectivity index (χ0n) is 16.3. The number of carbonyl (C=O) groups is 3. The maximum Gasteiger partial charge on any atom is 0.416 e. The molecule has 0 aliphatic rings. The van der Waals surface area contributed by atoms with Crippen LogP contribution in [0.15, 0.2) is 41.0 Å². The number of anilines is 1.